The fraction of sp³-hybridized carbons (Fsp3) is 0.200. The Kier molecular flexibility index (Phi) is 4.12. The molecule has 3 rings (SSSR count). The molecule has 1 aromatic carbocycles. The molecule has 1 unspecified atom stereocenters. The number of hydrazine groups is 1. The van der Waals surface area contributed by atoms with Crippen LogP contribution in [-0.4, -0.2) is 31.8 Å². The lowest BCUT2D eigenvalue weighted by atomic mass is 10.2. The van der Waals surface area contributed by atoms with Crippen molar-refractivity contribution in [1.29, 1.82) is 0 Å². The zero-order valence-electron chi connectivity index (χ0n) is 12.7. The molecule has 1 aliphatic heterocycles. The summed E-state index contributed by atoms with van der Waals surface area (Å²) in [5.41, 5.74) is 0.0307. The molecule has 0 saturated heterocycles. The van der Waals surface area contributed by atoms with E-state index in [1.807, 2.05) is 0 Å². The van der Waals surface area contributed by atoms with Crippen molar-refractivity contribution in [2.75, 3.05) is 6.54 Å². The van der Waals surface area contributed by atoms with Crippen LogP contribution in [0.15, 0.2) is 52.0 Å². The maximum Gasteiger partial charge on any atom is 0.270 e. The Labute approximate surface area is 138 Å². The van der Waals surface area contributed by atoms with Crippen molar-refractivity contribution in [3.05, 3.63) is 54.0 Å². The van der Waals surface area contributed by atoms with Crippen LogP contribution < -0.4 is 10.1 Å². The highest BCUT2D eigenvalue weighted by atomic mass is 32.2. The largest absolute Gasteiger partial charge is 0.467 e. The molecule has 0 radical (unpaired) electrons. The van der Waals surface area contributed by atoms with E-state index in [9.17, 15) is 18.0 Å². The van der Waals surface area contributed by atoms with Gasteiger partial charge in [-0.05, 0) is 31.2 Å². The van der Waals surface area contributed by atoms with Gasteiger partial charge in [-0.1, -0.05) is 12.1 Å². The van der Waals surface area contributed by atoms with Crippen LogP contribution in [0.2, 0.25) is 0 Å². The summed E-state index contributed by atoms with van der Waals surface area (Å²) in [5.74, 6) is -0.546. The number of benzene rings is 1. The molecule has 8 nitrogen and oxygen atoms in total. The number of hydrogen-bond donors (Lipinski definition) is 2. The summed E-state index contributed by atoms with van der Waals surface area (Å²) < 4.78 is 29.5. The number of nitrogens with one attached hydrogen (secondary N) is 2. The first-order chi connectivity index (χ1) is 11.4. The van der Waals surface area contributed by atoms with E-state index in [1.165, 1.54) is 24.5 Å². The molecule has 0 fully saturated rings. The maximum atomic E-state index is 12.4. The highest BCUT2D eigenvalue weighted by molar-refractivity contribution is 7.89. The van der Waals surface area contributed by atoms with E-state index < -0.39 is 34.4 Å². The zero-order valence-corrected chi connectivity index (χ0v) is 13.5. The molecule has 0 aliphatic carbocycles. The minimum atomic E-state index is -3.88. The third-order valence-electron chi connectivity index (χ3n) is 3.53. The summed E-state index contributed by atoms with van der Waals surface area (Å²) in [6, 6.07) is 8.83. The molecular weight excluding hydrogens is 334 g/mol. The van der Waals surface area contributed by atoms with Crippen LogP contribution in [0.1, 0.15) is 29.1 Å². The summed E-state index contributed by atoms with van der Waals surface area (Å²) in [7, 11) is -3.88. The van der Waals surface area contributed by atoms with Gasteiger partial charge in [0.25, 0.3) is 15.9 Å². The summed E-state index contributed by atoms with van der Waals surface area (Å²) in [6.07, 6.45) is 1.48. The lowest BCUT2D eigenvalue weighted by Gasteiger charge is -2.28. The van der Waals surface area contributed by atoms with Crippen molar-refractivity contribution in [2.24, 2.45) is 0 Å². The minimum absolute atomic E-state index is 0.0307. The Balaban J connectivity index is 1.74. The van der Waals surface area contributed by atoms with Gasteiger partial charge in [0, 0.05) is 0 Å². The van der Waals surface area contributed by atoms with Crippen LogP contribution in [0.4, 0.5) is 0 Å². The Morgan fingerprint density at radius 3 is 2.75 bits per heavy atom. The number of rotatable bonds is 4. The van der Waals surface area contributed by atoms with Crippen molar-refractivity contribution >= 4 is 21.8 Å². The Hall–Kier alpha value is -2.65. The van der Waals surface area contributed by atoms with E-state index in [2.05, 4.69) is 10.1 Å². The van der Waals surface area contributed by atoms with Crippen LogP contribution >= 0.6 is 0 Å². The molecule has 1 atom stereocenters. The van der Waals surface area contributed by atoms with Crippen LogP contribution in [0, 0.1) is 0 Å². The molecule has 2 aromatic rings. The molecule has 2 amide bonds. The van der Waals surface area contributed by atoms with Gasteiger partial charge in [0.15, 0.2) is 0 Å². The first-order valence-corrected chi connectivity index (χ1v) is 8.63. The number of nitrogens with zero attached hydrogens (tertiary/aromatic N) is 1. The first-order valence-electron chi connectivity index (χ1n) is 7.14. The fourth-order valence-electron chi connectivity index (χ4n) is 2.40. The van der Waals surface area contributed by atoms with E-state index in [-0.39, 0.29) is 10.5 Å². The molecular formula is C15H15N3O5S. The zero-order chi connectivity index (χ0) is 17.3. The van der Waals surface area contributed by atoms with Gasteiger partial charge in [-0.2, -0.15) is 0 Å². The summed E-state index contributed by atoms with van der Waals surface area (Å²) in [4.78, 5) is 26.5. The fourth-order valence-corrected chi connectivity index (χ4v) is 3.64. The topological polar surface area (TPSA) is 109 Å². The maximum absolute atomic E-state index is 12.4. The Bertz CT molecular complexity index is 876. The number of fused-ring (bicyclic) bond motifs is 1. The lowest BCUT2D eigenvalue weighted by Crippen LogP contribution is -2.54. The standard InChI is InChI=1S/C15H15N3O5S/c1-10(12-6-4-8-23-12)16-14(19)9-18-15(20)11-5-2-3-7-13(11)24(21,22)17-18/h2-8,10,17H,9H2,1H3,(H,16,19). The van der Waals surface area contributed by atoms with E-state index in [0.29, 0.717) is 5.76 Å². The molecule has 2 heterocycles. The summed E-state index contributed by atoms with van der Waals surface area (Å²) in [5, 5.41) is 3.42. The first kappa shape index (κ1) is 16.2. The van der Waals surface area contributed by atoms with Gasteiger partial charge in [0.05, 0.1) is 22.8 Å². The molecule has 1 aliphatic rings. The summed E-state index contributed by atoms with van der Waals surface area (Å²) in [6.45, 7) is 1.27. The van der Waals surface area contributed by atoms with Gasteiger partial charge in [-0.15, -0.1) is 4.83 Å². The third kappa shape index (κ3) is 3.03. The lowest BCUT2D eigenvalue weighted by molar-refractivity contribution is -0.122. The number of carbonyl (C=O) groups is 2. The smallest absolute Gasteiger partial charge is 0.270 e. The molecule has 1 aromatic heterocycles. The average molecular weight is 349 g/mol. The van der Waals surface area contributed by atoms with Gasteiger partial charge in [0.2, 0.25) is 5.91 Å². The Morgan fingerprint density at radius 1 is 1.29 bits per heavy atom. The Morgan fingerprint density at radius 2 is 2.04 bits per heavy atom. The molecule has 0 spiro atoms. The average Bonchev–Trinajstić information content (AvgIpc) is 3.07. The van der Waals surface area contributed by atoms with Crippen molar-refractivity contribution in [1.82, 2.24) is 15.2 Å². The predicted octanol–water partition coefficient (Wildman–Crippen LogP) is 0.806. The molecule has 24 heavy (non-hydrogen) atoms. The monoisotopic (exact) mass is 349 g/mol. The molecule has 0 saturated carbocycles. The summed E-state index contributed by atoms with van der Waals surface area (Å²) >= 11 is 0. The van der Waals surface area contributed by atoms with Crippen LogP contribution in [-0.2, 0) is 14.8 Å². The van der Waals surface area contributed by atoms with Crippen molar-refractivity contribution in [2.45, 2.75) is 17.9 Å². The molecule has 0 bridgehead atoms. The van der Waals surface area contributed by atoms with Crippen LogP contribution in [0.5, 0.6) is 0 Å². The highest BCUT2D eigenvalue weighted by Gasteiger charge is 2.34. The van der Waals surface area contributed by atoms with E-state index >= 15 is 0 Å². The van der Waals surface area contributed by atoms with Crippen molar-refractivity contribution in [3.63, 3.8) is 0 Å². The second kappa shape index (κ2) is 6.10. The SMILES string of the molecule is CC(NC(=O)CN1NS(=O)(=O)c2ccccc2C1=O)c1ccco1. The minimum Gasteiger partial charge on any atom is -0.467 e. The normalized spacial score (nSPS) is 17.2. The van der Waals surface area contributed by atoms with Gasteiger partial charge >= 0.3 is 0 Å². The number of sulfonamides is 1. The third-order valence-corrected chi connectivity index (χ3v) is 4.93. The van der Waals surface area contributed by atoms with Crippen LogP contribution in [0.25, 0.3) is 0 Å². The van der Waals surface area contributed by atoms with E-state index in [0.717, 1.165) is 5.01 Å². The van der Waals surface area contributed by atoms with Gasteiger partial charge in [0.1, 0.15) is 12.3 Å². The molecule has 126 valence electrons. The van der Waals surface area contributed by atoms with Gasteiger partial charge in [-0.25, -0.2) is 8.42 Å². The number of hydrogen-bond acceptors (Lipinski definition) is 5. The van der Waals surface area contributed by atoms with Gasteiger partial charge < -0.3 is 9.73 Å². The number of furan rings is 1. The quantitative estimate of drug-likeness (QED) is 0.849. The van der Waals surface area contributed by atoms with Crippen molar-refractivity contribution < 1.29 is 22.4 Å². The number of carbonyl (C=O) groups excluding carboxylic acids is 2. The second-order valence-electron chi connectivity index (χ2n) is 5.29. The number of amides is 2. The van der Waals surface area contributed by atoms with Crippen molar-refractivity contribution in [3.8, 4) is 0 Å². The highest BCUT2D eigenvalue weighted by Crippen LogP contribution is 2.21. The van der Waals surface area contributed by atoms with Crippen LogP contribution in [0.3, 0.4) is 0 Å². The molecule has 9 heteroatoms. The predicted molar refractivity (Wildman–Crippen MR) is 83.1 cm³/mol. The molecule has 2 N–H and O–H groups in total. The second-order valence-corrected chi connectivity index (χ2v) is 6.92. The van der Waals surface area contributed by atoms with E-state index in [1.54, 1.807) is 25.1 Å². The van der Waals surface area contributed by atoms with Gasteiger partial charge in [-0.3, -0.25) is 14.6 Å². The van der Waals surface area contributed by atoms with E-state index in [4.69, 9.17) is 4.42 Å².